The van der Waals surface area contributed by atoms with E-state index in [1.54, 1.807) is 18.4 Å². The van der Waals surface area contributed by atoms with Crippen LogP contribution in [0.4, 0.5) is 5.00 Å². The first-order valence-corrected chi connectivity index (χ1v) is 7.43. The van der Waals surface area contributed by atoms with Gasteiger partial charge in [0.2, 0.25) is 5.89 Å². The summed E-state index contributed by atoms with van der Waals surface area (Å²) in [6, 6.07) is 5.64. The third kappa shape index (κ3) is 1.63. The molecule has 4 rings (SSSR count). The predicted octanol–water partition coefficient (Wildman–Crippen LogP) is 3.64. The molecular weight excluding hydrogens is 272 g/mol. The standard InChI is InChI=1S/C15H14N2O2S/c1-18-8-5-6-11-10(7-8)17-15(19-11)13-9-3-2-4-12(9)20-14(13)16/h5-7H,2-4,16H2,1H3. The molecule has 0 saturated carbocycles. The zero-order chi connectivity index (χ0) is 13.7. The van der Waals surface area contributed by atoms with Crippen molar-refractivity contribution in [3.63, 3.8) is 0 Å². The molecule has 0 bridgehead atoms. The fourth-order valence-corrected chi connectivity index (χ4v) is 3.95. The molecule has 2 aromatic heterocycles. The molecule has 1 aliphatic carbocycles. The minimum atomic E-state index is 0.630. The van der Waals surface area contributed by atoms with Crippen LogP contribution in [0.3, 0.4) is 0 Å². The Labute approximate surface area is 120 Å². The van der Waals surface area contributed by atoms with Crippen LogP contribution in [-0.2, 0) is 12.8 Å². The van der Waals surface area contributed by atoms with Crippen molar-refractivity contribution in [2.24, 2.45) is 0 Å². The molecule has 3 aromatic rings. The Morgan fingerprint density at radius 3 is 3.10 bits per heavy atom. The summed E-state index contributed by atoms with van der Waals surface area (Å²) in [5.41, 5.74) is 10.0. The van der Waals surface area contributed by atoms with Gasteiger partial charge in [0.25, 0.3) is 0 Å². The third-order valence-corrected chi connectivity index (χ3v) is 4.88. The fourth-order valence-electron chi connectivity index (χ4n) is 2.80. The maximum atomic E-state index is 6.16. The number of aryl methyl sites for hydroxylation is 1. The highest BCUT2D eigenvalue weighted by Gasteiger charge is 2.25. The average molecular weight is 286 g/mol. The number of aromatic nitrogens is 1. The molecule has 0 radical (unpaired) electrons. The number of anilines is 1. The van der Waals surface area contributed by atoms with Crippen LogP contribution >= 0.6 is 11.3 Å². The molecule has 2 heterocycles. The van der Waals surface area contributed by atoms with E-state index in [1.165, 1.54) is 16.9 Å². The zero-order valence-corrected chi connectivity index (χ0v) is 11.9. The van der Waals surface area contributed by atoms with E-state index in [4.69, 9.17) is 14.9 Å². The largest absolute Gasteiger partial charge is 0.497 e. The lowest BCUT2D eigenvalue weighted by Crippen LogP contribution is -1.88. The number of fused-ring (bicyclic) bond motifs is 2. The molecule has 2 N–H and O–H groups in total. The van der Waals surface area contributed by atoms with Crippen LogP contribution in [0, 0.1) is 0 Å². The van der Waals surface area contributed by atoms with E-state index in [-0.39, 0.29) is 0 Å². The third-order valence-electron chi connectivity index (χ3n) is 3.76. The van der Waals surface area contributed by atoms with E-state index in [1.807, 2.05) is 18.2 Å². The molecule has 0 saturated heterocycles. The second-order valence-electron chi connectivity index (χ2n) is 4.95. The smallest absolute Gasteiger partial charge is 0.230 e. The Bertz CT molecular complexity index is 804. The Morgan fingerprint density at radius 1 is 1.35 bits per heavy atom. The van der Waals surface area contributed by atoms with Gasteiger partial charge in [0.05, 0.1) is 17.7 Å². The van der Waals surface area contributed by atoms with Gasteiger partial charge in [-0.2, -0.15) is 0 Å². The summed E-state index contributed by atoms with van der Waals surface area (Å²) in [6.07, 6.45) is 3.39. The van der Waals surface area contributed by atoms with Crippen molar-refractivity contribution in [2.45, 2.75) is 19.3 Å². The number of thiophene rings is 1. The van der Waals surface area contributed by atoms with Gasteiger partial charge >= 0.3 is 0 Å². The maximum absolute atomic E-state index is 6.16. The molecule has 0 spiro atoms. The zero-order valence-electron chi connectivity index (χ0n) is 11.1. The Hall–Kier alpha value is -2.01. The number of nitrogens with two attached hydrogens (primary N) is 1. The van der Waals surface area contributed by atoms with Crippen molar-refractivity contribution in [3.05, 3.63) is 28.6 Å². The number of ether oxygens (including phenoxy) is 1. The van der Waals surface area contributed by atoms with Crippen molar-refractivity contribution < 1.29 is 9.15 Å². The number of nitrogen functional groups attached to an aromatic ring is 1. The van der Waals surface area contributed by atoms with Gasteiger partial charge in [-0.3, -0.25) is 0 Å². The highest BCUT2D eigenvalue weighted by Crippen LogP contribution is 2.43. The summed E-state index contributed by atoms with van der Waals surface area (Å²) in [5, 5.41) is 0.813. The lowest BCUT2D eigenvalue weighted by Gasteiger charge is -1.97. The predicted molar refractivity (Wildman–Crippen MR) is 80.3 cm³/mol. The summed E-state index contributed by atoms with van der Waals surface area (Å²) < 4.78 is 11.1. The van der Waals surface area contributed by atoms with Gasteiger partial charge in [-0.25, -0.2) is 4.98 Å². The van der Waals surface area contributed by atoms with Gasteiger partial charge in [-0.05, 0) is 37.0 Å². The molecule has 0 atom stereocenters. The average Bonchev–Trinajstić information content (AvgIpc) is 3.10. The van der Waals surface area contributed by atoms with Crippen molar-refractivity contribution in [3.8, 4) is 17.2 Å². The first-order chi connectivity index (χ1) is 9.76. The number of benzene rings is 1. The van der Waals surface area contributed by atoms with E-state index in [2.05, 4.69) is 4.98 Å². The normalized spacial score (nSPS) is 13.8. The van der Waals surface area contributed by atoms with E-state index in [9.17, 15) is 0 Å². The van der Waals surface area contributed by atoms with Crippen LogP contribution in [0.25, 0.3) is 22.6 Å². The minimum absolute atomic E-state index is 0.630. The lowest BCUT2D eigenvalue weighted by molar-refractivity contribution is 0.415. The topological polar surface area (TPSA) is 61.3 Å². The minimum Gasteiger partial charge on any atom is -0.497 e. The van der Waals surface area contributed by atoms with Crippen LogP contribution in [0.2, 0.25) is 0 Å². The molecule has 4 nitrogen and oxygen atoms in total. The molecule has 0 fully saturated rings. The summed E-state index contributed by atoms with van der Waals surface area (Å²) in [7, 11) is 1.64. The van der Waals surface area contributed by atoms with E-state index < -0.39 is 0 Å². The molecule has 0 unspecified atom stereocenters. The second-order valence-corrected chi connectivity index (χ2v) is 6.09. The van der Waals surface area contributed by atoms with Gasteiger partial charge in [0, 0.05) is 10.9 Å². The summed E-state index contributed by atoms with van der Waals surface area (Å²) in [5.74, 6) is 1.41. The molecule has 0 amide bonds. The second kappa shape index (κ2) is 4.24. The van der Waals surface area contributed by atoms with Gasteiger partial charge in [-0.15, -0.1) is 11.3 Å². The van der Waals surface area contributed by atoms with Gasteiger partial charge in [0.1, 0.15) is 11.3 Å². The Balaban J connectivity index is 1.90. The van der Waals surface area contributed by atoms with Crippen molar-refractivity contribution in [1.82, 2.24) is 4.98 Å². The molecule has 1 aliphatic rings. The molecule has 20 heavy (non-hydrogen) atoms. The Morgan fingerprint density at radius 2 is 2.25 bits per heavy atom. The quantitative estimate of drug-likeness (QED) is 0.781. The van der Waals surface area contributed by atoms with Crippen LogP contribution < -0.4 is 10.5 Å². The number of methoxy groups -OCH3 is 1. The number of rotatable bonds is 2. The Kier molecular flexibility index (Phi) is 2.50. The van der Waals surface area contributed by atoms with Gasteiger partial charge in [0.15, 0.2) is 5.58 Å². The van der Waals surface area contributed by atoms with Crippen LogP contribution in [-0.4, -0.2) is 12.1 Å². The van der Waals surface area contributed by atoms with Crippen molar-refractivity contribution in [1.29, 1.82) is 0 Å². The van der Waals surface area contributed by atoms with Crippen LogP contribution in [0.1, 0.15) is 16.9 Å². The monoisotopic (exact) mass is 286 g/mol. The van der Waals surface area contributed by atoms with Crippen molar-refractivity contribution in [2.75, 3.05) is 12.8 Å². The lowest BCUT2D eigenvalue weighted by atomic mass is 10.1. The van der Waals surface area contributed by atoms with Crippen LogP contribution in [0.15, 0.2) is 22.6 Å². The van der Waals surface area contributed by atoms with E-state index in [0.29, 0.717) is 5.89 Å². The summed E-state index contributed by atoms with van der Waals surface area (Å²) in [4.78, 5) is 5.97. The van der Waals surface area contributed by atoms with E-state index in [0.717, 1.165) is 40.3 Å². The van der Waals surface area contributed by atoms with E-state index >= 15 is 0 Å². The van der Waals surface area contributed by atoms with Crippen LogP contribution in [0.5, 0.6) is 5.75 Å². The summed E-state index contributed by atoms with van der Waals surface area (Å²) in [6.45, 7) is 0. The first kappa shape index (κ1) is 11.8. The first-order valence-electron chi connectivity index (χ1n) is 6.61. The number of oxazole rings is 1. The number of hydrogen-bond acceptors (Lipinski definition) is 5. The molecule has 1 aromatic carbocycles. The highest BCUT2D eigenvalue weighted by atomic mass is 32.1. The summed E-state index contributed by atoms with van der Waals surface area (Å²) >= 11 is 1.67. The number of nitrogens with zero attached hydrogens (tertiary/aromatic N) is 1. The molecular formula is C15H14N2O2S. The van der Waals surface area contributed by atoms with Crippen molar-refractivity contribution >= 4 is 27.4 Å². The highest BCUT2D eigenvalue weighted by molar-refractivity contribution is 7.16. The van der Waals surface area contributed by atoms with Gasteiger partial charge in [-0.1, -0.05) is 0 Å². The maximum Gasteiger partial charge on any atom is 0.230 e. The molecule has 102 valence electrons. The molecule has 5 heteroatoms. The number of hydrogen-bond donors (Lipinski definition) is 1. The fraction of sp³-hybridized carbons (Fsp3) is 0.267. The SMILES string of the molecule is COc1ccc2oc(-c3c(N)sc4c3CCC4)nc2c1. The molecule has 0 aliphatic heterocycles. The van der Waals surface area contributed by atoms with Gasteiger partial charge < -0.3 is 14.9 Å².